The first kappa shape index (κ1) is 21.6. The Bertz CT molecular complexity index is 1300. The van der Waals surface area contributed by atoms with E-state index in [-0.39, 0.29) is 22.5 Å². The molecule has 2 aliphatic rings. The number of aromatic nitrogens is 2. The van der Waals surface area contributed by atoms with E-state index in [4.69, 9.17) is 9.47 Å². The van der Waals surface area contributed by atoms with Gasteiger partial charge in [-0.3, -0.25) is 0 Å². The topological polar surface area (TPSA) is 81.6 Å². The summed E-state index contributed by atoms with van der Waals surface area (Å²) in [7, 11) is -3.39. The maximum absolute atomic E-state index is 14.7. The van der Waals surface area contributed by atoms with Crippen molar-refractivity contribution in [2.75, 3.05) is 30.5 Å². The van der Waals surface area contributed by atoms with Crippen LogP contribution in [0.2, 0.25) is 0 Å². The number of hydrogen-bond acceptors (Lipinski definition) is 7. The van der Waals surface area contributed by atoms with Gasteiger partial charge in [0.1, 0.15) is 10.6 Å². The smallest absolute Gasteiger partial charge is 0.225 e. The van der Waals surface area contributed by atoms with E-state index in [0.717, 1.165) is 37.6 Å². The van der Waals surface area contributed by atoms with Crippen molar-refractivity contribution in [1.82, 2.24) is 9.97 Å². The Morgan fingerprint density at radius 1 is 1.18 bits per heavy atom. The van der Waals surface area contributed by atoms with Crippen LogP contribution < -0.4 is 14.4 Å². The summed E-state index contributed by atoms with van der Waals surface area (Å²) < 4.78 is 49.6. The van der Waals surface area contributed by atoms with Crippen LogP contribution in [0.4, 0.5) is 10.3 Å². The lowest BCUT2D eigenvalue weighted by Gasteiger charge is -2.17. The largest absolute Gasteiger partial charge is 0.490 e. The fourth-order valence-electron chi connectivity index (χ4n) is 4.15. The summed E-state index contributed by atoms with van der Waals surface area (Å²) in [5.41, 5.74) is 2.31. The Labute approximate surface area is 192 Å². The highest BCUT2D eigenvalue weighted by molar-refractivity contribution is 7.91. The second-order valence-electron chi connectivity index (χ2n) is 8.30. The second-order valence-corrected chi connectivity index (χ2v) is 10.2. The van der Waals surface area contributed by atoms with Crippen LogP contribution in [0.15, 0.2) is 53.6 Å². The van der Waals surface area contributed by atoms with Gasteiger partial charge in [0.25, 0.3) is 0 Å². The third kappa shape index (κ3) is 4.37. The fourth-order valence-corrected chi connectivity index (χ4v) is 5.26. The van der Waals surface area contributed by atoms with E-state index in [9.17, 15) is 12.8 Å². The number of hydrogen-bond donors (Lipinski definition) is 0. The number of rotatable bonds is 6. The minimum absolute atomic E-state index is 0.170. The molecule has 0 N–H and O–H groups in total. The van der Waals surface area contributed by atoms with Gasteiger partial charge in [-0.1, -0.05) is 19.1 Å². The van der Waals surface area contributed by atoms with E-state index in [1.54, 1.807) is 30.5 Å². The molecule has 2 aromatic carbocycles. The van der Waals surface area contributed by atoms with Gasteiger partial charge in [-0.15, -0.1) is 0 Å². The summed E-state index contributed by atoms with van der Waals surface area (Å²) in [6, 6.07) is 11.5. The van der Waals surface area contributed by atoms with E-state index in [2.05, 4.69) is 21.8 Å². The van der Waals surface area contributed by atoms with Gasteiger partial charge in [0.05, 0.1) is 6.61 Å². The molecule has 33 heavy (non-hydrogen) atoms. The van der Waals surface area contributed by atoms with E-state index in [1.807, 2.05) is 6.07 Å². The summed E-state index contributed by atoms with van der Waals surface area (Å²) in [5.74, 6) is 0.665. The Morgan fingerprint density at radius 2 is 2.00 bits per heavy atom. The minimum Gasteiger partial charge on any atom is -0.490 e. The molecule has 7 nitrogen and oxygen atoms in total. The normalized spacial score (nSPS) is 18.7. The lowest BCUT2D eigenvalue weighted by molar-refractivity contribution is 0.250. The molecule has 3 aromatic rings. The van der Waals surface area contributed by atoms with Crippen LogP contribution in [0.1, 0.15) is 19.0 Å². The van der Waals surface area contributed by atoms with Gasteiger partial charge in [0, 0.05) is 30.9 Å². The molecule has 3 heterocycles. The number of halogens is 1. The Morgan fingerprint density at radius 3 is 2.82 bits per heavy atom. The third-order valence-electron chi connectivity index (χ3n) is 6.02. The summed E-state index contributed by atoms with van der Waals surface area (Å²) in [5, 5.41) is 0. The van der Waals surface area contributed by atoms with Crippen LogP contribution in [0.25, 0.3) is 11.1 Å². The number of benzene rings is 2. The first-order chi connectivity index (χ1) is 15.9. The molecular weight excluding hydrogens is 445 g/mol. The molecule has 0 spiro atoms. The first-order valence-corrected chi connectivity index (χ1v) is 12.6. The average Bonchev–Trinajstić information content (AvgIpc) is 3.42. The van der Waals surface area contributed by atoms with Gasteiger partial charge in [0.2, 0.25) is 15.8 Å². The maximum Gasteiger partial charge on any atom is 0.225 e. The number of ether oxygens (including phenoxy) is 2. The van der Waals surface area contributed by atoms with Gasteiger partial charge in [-0.25, -0.2) is 22.8 Å². The zero-order valence-electron chi connectivity index (χ0n) is 18.2. The summed E-state index contributed by atoms with van der Waals surface area (Å²) in [6.45, 7) is 4.09. The molecule has 1 fully saturated rings. The van der Waals surface area contributed by atoms with Gasteiger partial charge in [-0.05, 0) is 54.3 Å². The second kappa shape index (κ2) is 8.62. The van der Waals surface area contributed by atoms with Gasteiger partial charge < -0.3 is 14.4 Å². The third-order valence-corrected chi connectivity index (χ3v) is 7.46. The zero-order valence-corrected chi connectivity index (χ0v) is 19.0. The van der Waals surface area contributed by atoms with Crippen LogP contribution in [0, 0.1) is 11.7 Å². The van der Waals surface area contributed by atoms with Crippen LogP contribution in [0.3, 0.4) is 0 Å². The molecule has 1 aromatic heterocycles. The molecule has 1 atom stereocenters. The van der Waals surface area contributed by atoms with Gasteiger partial charge >= 0.3 is 0 Å². The number of fused-ring (bicyclic) bond motifs is 1. The lowest BCUT2D eigenvalue weighted by Crippen LogP contribution is -2.24. The minimum atomic E-state index is -3.39. The maximum atomic E-state index is 14.7. The molecular formula is C24H24FN3O4S. The first-order valence-electron chi connectivity index (χ1n) is 10.9. The SMILES string of the molecule is CCc1ccnc(N2CC[C@H](COc3ccc(-c4ccc5c(c4)OCS5(=O)=O)cc3F)C2)n1. The predicted octanol–water partition coefficient (Wildman–Crippen LogP) is 3.87. The lowest BCUT2D eigenvalue weighted by atomic mass is 10.0. The van der Waals surface area contributed by atoms with Crippen molar-refractivity contribution in [3.8, 4) is 22.6 Å². The van der Waals surface area contributed by atoms with E-state index in [0.29, 0.717) is 23.5 Å². The van der Waals surface area contributed by atoms with Crippen molar-refractivity contribution in [3.63, 3.8) is 0 Å². The quantitative estimate of drug-likeness (QED) is 0.542. The van der Waals surface area contributed by atoms with Crippen molar-refractivity contribution in [2.24, 2.45) is 5.92 Å². The summed E-state index contributed by atoms with van der Waals surface area (Å²) >= 11 is 0. The monoisotopic (exact) mass is 469 g/mol. The molecule has 0 saturated carbocycles. The van der Waals surface area contributed by atoms with Gasteiger partial charge in [0.15, 0.2) is 17.5 Å². The number of anilines is 1. The summed E-state index contributed by atoms with van der Waals surface area (Å²) in [6.07, 6.45) is 3.58. The molecule has 0 amide bonds. The molecule has 172 valence electrons. The van der Waals surface area contributed by atoms with Crippen molar-refractivity contribution in [1.29, 1.82) is 0 Å². The molecule has 0 aliphatic carbocycles. The Kier molecular flexibility index (Phi) is 5.65. The van der Waals surface area contributed by atoms with Crippen molar-refractivity contribution >= 4 is 15.8 Å². The zero-order chi connectivity index (χ0) is 23.0. The molecule has 1 saturated heterocycles. The van der Waals surface area contributed by atoms with E-state index < -0.39 is 15.7 Å². The molecule has 0 radical (unpaired) electrons. The highest BCUT2D eigenvalue weighted by Gasteiger charge is 2.28. The fraction of sp³-hybridized carbons (Fsp3) is 0.333. The van der Waals surface area contributed by atoms with Crippen molar-refractivity contribution < 1.29 is 22.3 Å². The van der Waals surface area contributed by atoms with Crippen LogP contribution in [-0.4, -0.2) is 44.0 Å². The molecule has 0 bridgehead atoms. The highest BCUT2D eigenvalue weighted by atomic mass is 32.2. The molecule has 0 unspecified atom stereocenters. The van der Waals surface area contributed by atoms with E-state index >= 15 is 0 Å². The number of aryl methyl sites for hydroxylation is 1. The molecule has 5 rings (SSSR count). The predicted molar refractivity (Wildman–Crippen MR) is 122 cm³/mol. The Hall–Kier alpha value is -3.20. The van der Waals surface area contributed by atoms with Crippen LogP contribution in [0.5, 0.6) is 11.5 Å². The van der Waals surface area contributed by atoms with E-state index in [1.165, 1.54) is 12.1 Å². The van der Waals surface area contributed by atoms with Crippen molar-refractivity contribution in [2.45, 2.75) is 24.7 Å². The average molecular weight is 470 g/mol. The highest BCUT2D eigenvalue weighted by Crippen LogP contribution is 2.36. The standard InChI is InChI=1S/C24H24FN3O4S/c1-2-19-7-9-26-24(27-19)28-10-8-16(13-28)14-31-21-5-3-17(11-20(21)25)18-4-6-23-22(12-18)32-15-33(23,29)30/h3-7,9,11-12,16H,2,8,10,13-15H2,1H3/t16-/m0/s1. The van der Waals surface area contributed by atoms with Crippen molar-refractivity contribution in [3.05, 3.63) is 60.2 Å². The molecule has 9 heteroatoms. The van der Waals surface area contributed by atoms with Crippen LogP contribution >= 0.6 is 0 Å². The number of nitrogens with zero attached hydrogens (tertiary/aromatic N) is 3. The van der Waals surface area contributed by atoms with Crippen LogP contribution in [-0.2, 0) is 16.3 Å². The molecule has 2 aliphatic heterocycles. The Balaban J connectivity index is 1.23. The number of sulfone groups is 1. The van der Waals surface area contributed by atoms with Gasteiger partial charge in [-0.2, -0.15) is 0 Å². The summed E-state index contributed by atoms with van der Waals surface area (Å²) in [4.78, 5) is 11.3.